The zero-order valence-electron chi connectivity index (χ0n) is 9.91. The van der Waals surface area contributed by atoms with E-state index in [9.17, 15) is 24.2 Å². The molecule has 2 heterocycles. The Kier molecular flexibility index (Phi) is 3.31. The second kappa shape index (κ2) is 4.53. The van der Waals surface area contributed by atoms with E-state index in [4.69, 9.17) is 9.84 Å². The van der Waals surface area contributed by atoms with E-state index in [1.165, 1.54) is 6.92 Å². The van der Waals surface area contributed by atoms with Gasteiger partial charge in [-0.3, -0.25) is 14.3 Å². The van der Waals surface area contributed by atoms with Gasteiger partial charge in [-0.2, -0.15) is 4.39 Å². The first kappa shape index (κ1) is 13.9. The SMILES string of the molecule is C[C@]1(CO)O[C@@H](n2cc(F)c(=O)[nH]c2=O)[C@H](O)[C@@H]1O. The minimum Gasteiger partial charge on any atom is -0.393 e. The third-order valence-electron chi connectivity index (χ3n) is 3.14. The molecule has 2 rings (SSSR count). The van der Waals surface area contributed by atoms with Crippen LogP contribution < -0.4 is 11.2 Å². The summed E-state index contributed by atoms with van der Waals surface area (Å²) in [4.78, 5) is 24.1. The molecule has 1 aliphatic heterocycles. The predicted molar refractivity (Wildman–Crippen MR) is 58.9 cm³/mol. The summed E-state index contributed by atoms with van der Waals surface area (Å²) in [5, 5.41) is 28.7. The Bertz CT molecular complexity index is 598. The van der Waals surface area contributed by atoms with Crippen LogP contribution in [0.25, 0.3) is 0 Å². The monoisotopic (exact) mass is 276 g/mol. The van der Waals surface area contributed by atoms with Gasteiger partial charge < -0.3 is 20.1 Å². The largest absolute Gasteiger partial charge is 0.393 e. The van der Waals surface area contributed by atoms with Gasteiger partial charge in [-0.15, -0.1) is 0 Å². The van der Waals surface area contributed by atoms with Crippen LogP contribution in [0.1, 0.15) is 13.2 Å². The summed E-state index contributed by atoms with van der Waals surface area (Å²) in [6.45, 7) is 0.719. The smallest absolute Gasteiger partial charge is 0.330 e. The molecule has 0 spiro atoms. The number of nitrogens with one attached hydrogen (secondary N) is 1. The number of aliphatic hydroxyl groups excluding tert-OH is 3. The lowest BCUT2D eigenvalue weighted by Gasteiger charge is -2.24. The number of H-pyrrole nitrogens is 1. The zero-order valence-corrected chi connectivity index (χ0v) is 9.91. The van der Waals surface area contributed by atoms with Crippen LogP contribution in [0.5, 0.6) is 0 Å². The molecule has 0 aliphatic carbocycles. The fraction of sp³-hybridized carbons (Fsp3) is 0.600. The Labute approximate surface area is 105 Å². The van der Waals surface area contributed by atoms with Crippen LogP contribution in [0, 0.1) is 5.82 Å². The molecule has 4 N–H and O–H groups in total. The van der Waals surface area contributed by atoms with E-state index < -0.39 is 47.7 Å². The molecule has 8 nitrogen and oxygen atoms in total. The van der Waals surface area contributed by atoms with E-state index in [0.717, 1.165) is 0 Å². The number of aromatic nitrogens is 2. The molecular weight excluding hydrogens is 263 g/mol. The van der Waals surface area contributed by atoms with Crippen molar-refractivity contribution in [2.45, 2.75) is 31.0 Å². The van der Waals surface area contributed by atoms with Gasteiger partial charge in [-0.05, 0) is 6.92 Å². The number of ether oxygens (including phenoxy) is 1. The van der Waals surface area contributed by atoms with Crippen LogP contribution in [0.2, 0.25) is 0 Å². The van der Waals surface area contributed by atoms with Gasteiger partial charge in [-0.25, -0.2) is 4.79 Å². The second-order valence-corrected chi connectivity index (χ2v) is 4.56. The molecule has 0 unspecified atom stereocenters. The minimum atomic E-state index is -1.56. The van der Waals surface area contributed by atoms with Crippen molar-refractivity contribution in [1.29, 1.82) is 0 Å². The molecule has 4 atom stereocenters. The second-order valence-electron chi connectivity index (χ2n) is 4.56. The lowest BCUT2D eigenvalue weighted by atomic mass is 9.99. The van der Waals surface area contributed by atoms with Crippen molar-refractivity contribution in [3.8, 4) is 0 Å². The molecule has 0 radical (unpaired) electrons. The van der Waals surface area contributed by atoms with Gasteiger partial charge in [-0.1, -0.05) is 0 Å². The molecular formula is C10H13FN2O6. The first-order chi connectivity index (χ1) is 8.80. The number of halogens is 1. The summed E-state index contributed by atoms with van der Waals surface area (Å²) in [5.41, 5.74) is -3.68. The Morgan fingerprint density at radius 2 is 2.16 bits per heavy atom. The number of nitrogens with zero attached hydrogens (tertiary/aromatic N) is 1. The number of aliphatic hydroxyl groups is 3. The van der Waals surface area contributed by atoms with Gasteiger partial charge in [0.25, 0.3) is 5.56 Å². The number of rotatable bonds is 2. The summed E-state index contributed by atoms with van der Waals surface area (Å²) in [5.74, 6) is -1.23. The van der Waals surface area contributed by atoms with Gasteiger partial charge in [0.15, 0.2) is 6.23 Å². The topological polar surface area (TPSA) is 125 Å². The average molecular weight is 276 g/mol. The highest BCUT2D eigenvalue weighted by Crippen LogP contribution is 2.35. The van der Waals surface area contributed by atoms with Crippen molar-refractivity contribution in [1.82, 2.24) is 9.55 Å². The molecule has 1 aromatic rings. The van der Waals surface area contributed by atoms with E-state index >= 15 is 0 Å². The lowest BCUT2D eigenvalue weighted by molar-refractivity contribution is -0.118. The summed E-state index contributed by atoms with van der Waals surface area (Å²) in [6, 6.07) is 0. The Morgan fingerprint density at radius 1 is 1.53 bits per heavy atom. The fourth-order valence-corrected chi connectivity index (χ4v) is 1.93. The third-order valence-corrected chi connectivity index (χ3v) is 3.14. The summed E-state index contributed by atoms with van der Waals surface area (Å²) in [7, 11) is 0. The van der Waals surface area contributed by atoms with Crippen LogP contribution in [-0.4, -0.2) is 49.3 Å². The average Bonchev–Trinajstić information content (AvgIpc) is 2.59. The van der Waals surface area contributed by atoms with Gasteiger partial charge in [0.2, 0.25) is 5.82 Å². The predicted octanol–water partition coefficient (Wildman–Crippen LogP) is -2.32. The summed E-state index contributed by atoms with van der Waals surface area (Å²) in [6.07, 6.45) is -3.86. The maximum Gasteiger partial charge on any atom is 0.330 e. The molecule has 0 amide bonds. The molecule has 1 saturated heterocycles. The van der Waals surface area contributed by atoms with Crippen molar-refractivity contribution in [3.63, 3.8) is 0 Å². The van der Waals surface area contributed by atoms with E-state index in [-0.39, 0.29) is 0 Å². The molecule has 0 saturated carbocycles. The van der Waals surface area contributed by atoms with Crippen LogP contribution >= 0.6 is 0 Å². The molecule has 19 heavy (non-hydrogen) atoms. The number of hydrogen-bond acceptors (Lipinski definition) is 6. The Morgan fingerprint density at radius 3 is 2.68 bits per heavy atom. The van der Waals surface area contributed by atoms with E-state index in [1.54, 1.807) is 4.98 Å². The van der Waals surface area contributed by atoms with Gasteiger partial charge in [0.1, 0.15) is 17.8 Å². The summed E-state index contributed by atoms with van der Waals surface area (Å²) >= 11 is 0. The maximum atomic E-state index is 13.2. The molecule has 1 fully saturated rings. The standard InChI is InChI=1S/C10H13FN2O6/c1-10(3-14)6(16)5(15)8(19-10)13-2-4(11)7(17)12-9(13)18/h2,5-6,8,14-16H,3H2,1H3,(H,12,17,18)/t5-,6+,8-,10-/m1/s1. The van der Waals surface area contributed by atoms with E-state index in [0.29, 0.717) is 10.8 Å². The lowest BCUT2D eigenvalue weighted by Crippen LogP contribution is -2.43. The molecule has 9 heteroatoms. The van der Waals surface area contributed by atoms with Crippen molar-refractivity contribution >= 4 is 0 Å². The maximum absolute atomic E-state index is 13.2. The Hall–Kier alpha value is -1.55. The zero-order chi connectivity index (χ0) is 14.4. The van der Waals surface area contributed by atoms with Crippen LogP contribution in [0.4, 0.5) is 4.39 Å². The fourth-order valence-electron chi connectivity index (χ4n) is 1.93. The minimum absolute atomic E-state index is 0.574. The van der Waals surface area contributed by atoms with E-state index in [2.05, 4.69) is 0 Å². The highest BCUT2D eigenvalue weighted by atomic mass is 19.1. The quantitative estimate of drug-likeness (QED) is 0.480. The van der Waals surface area contributed by atoms with Crippen LogP contribution in [0.3, 0.4) is 0 Å². The van der Waals surface area contributed by atoms with Crippen molar-refractivity contribution in [2.24, 2.45) is 0 Å². The van der Waals surface area contributed by atoms with E-state index in [1.807, 2.05) is 0 Å². The molecule has 106 valence electrons. The van der Waals surface area contributed by atoms with Crippen molar-refractivity contribution < 1.29 is 24.4 Å². The van der Waals surface area contributed by atoms with Gasteiger partial charge in [0.05, 0.1) is 12.8 Å². The highest BCUT2D eigenvalue weighted by molar-refractivity contribution is 5.00. The first-order valence-electron chi connectivity index (χ1n) is 5.46. The number of aromatic amines is 1. The Balaban J connectivity index is 2.47. The van der Waals surface area contributed by atoms with Gasteiger partial charge >= 0.3 is 5.69 Å². The van der Waals surface area contributed by atoms with Crippen LogP contribution in [0.15, 0.2) is 15.8 Å². The van der Waals surface area contributed by atoms with Gasteiger partial charge in [0, 0.05) is 0 Å². The highest BCUT2D eigenvalue weighted by Gasteiger charge is 2.52. The summed E-state index contributed by atoms with van der Waals surface area (Å²) < 4.78 is 19.0. The molecule has 0 bridgehead atoms. The molecule has 1 aliphatic rings. The van der Waals surface area contributed by atoms with Crippen LogP contribution in [-0.2, 0) is 4.74 Å². The van der Waals surface area contributed by atoms with Crippen molar-refractivity contribution in [3.05, 3.63) is 32.9 Å². The first-order valence-corrected chi connectivity index (χ1v) is 5.46. The molecule has 0 aromatic carbocycles. The molecule has 1 aromatic heterocycles. The normalized spacial score (nSPS) is 34.7. The van der Waals surface area contributed by atoms with Crippen molar-refractivity contribution in [2.75, 3.05) is 6.61 Å². The third kappa shape index (κ3) is 2.10. The number of hydrogen-bond donors (Lipinski definition) is 4.